The molecule has 0 radical (unpaired) electrons. The second-order valence-corrected chi connectivity index (χ2v) is 19.7. The van der Waals surface area contributed by atoms with Crippen LogP contribution in [0.1, 0.15) is 264 Å². The molecule has 0 aromatic heterocycles. The molecule has 1 rings (SSSR count). The average Bonchev–Trinajstić information content (AvgIpc) is 3.31. The van der Waals surface area contributed by atoms with Gasteiger partial charge < -0.3 is 45.1 Å². The van der Waals surface area contributed by atoms with Crippen molar-refractivity contribution < 1.29 is 49.3 Å². The van der Waals surface area contributed by atoms with E-state index in [1.54, 1.807) is 6.08 Å². The molecule has 11 nitrogen and oxygen atoms in total. The number of unbranched alkanes of at least 4 members (excludes halogenated alkanes) is 34. The number of rotatable bonds is 48. The van der Waals surface area contributed by atoms with Gasteiger partial charge >= 0.3 is 5.97 Å². The highest BCUT2D eigenvalue weighted by Crippen LogP contribution is 2.23. The average molecular weight is 940 g/mol. The van der Waals surface area contributed by atoms with Crippen molar-refractivity contribution >= 4 is 11.9 Å². The summed E-state index contributed by atoms with van der Waals surface area (Å²) in [6.07, 6.45) is 41.6. The Balaban J connectivity index is 2.06. The van der Waals surface area contributed by atoms with Crippen molar-refractivity contribution in [1.82, 2.24) is 5.32 Å². The lowest BCUT2D eigenvalue weighted by Crippen LogP contribution is -2.60. The Morgan fingerprint density at radius 3 is 1.41 bits per heavy atom. The molecule has 0 aromatic carbocycles. The number of aliphatic hydroxyl groups is 5. The van der Waals surface area contributed by atoms with Crippen LogP contribution < -0.4 is 5.32 Å². The Morgan fingerprint density at radius 2 is 0.955 bits per heavy atom. The molecule has 1 aliphatic rings. The molecule has 0 bridgehead atoms. The third kappa shape index (κ3) is 35.5. The van der Waals surface area contributed by atoms with Crippen molar-refractivity contribution in [1.29, 1.82) is 0 Å². The predicted molar refractivity (Wildman–Crippen MR) is 269 cm³/mol. The molecule has 11 heteroatoms. The minimum absolute atomic E-state index is 0.0163. The monoisotopic (exact) mass is 940 g/mol. The highest BCUT2D eigenvalue weighted by Gasteiger charge is 2.44. The number of esters is 1. The van der Waals surface area contributed by atoms with Gasteiger partial charge in [-0.3, -0.25) is 9.59 Å². The van der Waals surface area contributed by atoms with Gasteiger partial charge in [0.2, 0.25) is 5.91 Å². The Morgan fingerprint density at radius 1 is 0.545 bits per heavy atom. The van der Waals surface area contributed by atoms with Crippen LogP contribution in [-0.2, 0) is 23.8 Å². The SMILES string of the molecule is CCCCCCCCC/C=C/C(O)C(COC1OC(CO)C(O)C(O)C1O)NC(=O)CCCCCCCCCCCCCCCCCOC(=O)CCCCCCCCCCCCCCCC. The standard InChI is InChI=1S/C55H105NO10/c1-3-5-7-9-11-13-14-15-20-23-27-31-35-39-43-51(60)64-44-40-36-32-28-24-21-18-16-17-19-22-26-30-34-38-42-50(59)56-47(48(58)41-37-33-29-25-12-10-8-6-4-2)46-65-55-54(63)53(62)52(61)49(45-57)66-55/h37,41,47-49,52-55,57-58,61-63H,3-36,38-40,42-46H2,1-2H3,(H,56,59)/b41-37+. The van der Waals surface area contributed by atoms with Crippen LogP contribution in [0.2, 0.25) is 0 Å². The van der Waals surface area contributed by atoms with Gasteiger partial charge in [-0.1, -0.05) is 231 Å². The number of aliphatic hydroxyl groups excluding tert-OH is 5. The zero-order valence-corrected chi connectivity index (χ0v) is 42.7. The van der Waals surface area contributed by atoms with Gasteiger partial charge in [-0.2, -0.15) is 0 Å². The predicted octanol–water partition coefficient (Wildman–Crippen LogP) is 12.0. The summed E-state index contributed by atoms with van der Waals surface area (Å²) in [6, 6.07) is -0.813. The van der Waals surface area contributed by atoms with Crippen molar-refractivity contribution in [2.24, 2.45) is 0 Å². The number of carbonyl (C=O) groups excluding carboxylic acids is 2. The first-order chi connectivity index (χ1) is 32.2. The number of nitrogens with one attached hydrogen (secondary N) is 1. The number of allylic oxidation sites excluding steroid dienone is 1. The van der Waals surface area contributed by atoms with Gasteiger partial charge in [-0.05, 0) is 32.1 Å². The van der Waals surface area contributed by atoms with Gasteiger partial charge in [0.1, 0.15) is 24.4 Å². The van der Waals surface area contributed by atoms with Crippen LogP contribution >= 0.6 is 0 Å². The summed E-state index contributed by atoms with van der Waals surface area (Å²) in [5, 5.41) is 54.1. The maximum absolute atomic E-state index is 13.0. The Bertz CT molecular complexity index is 1110. The molecule has 390 valence electrons. The van der Waals surface area contributed by atoms with E-state index in [1.165, 1.54) is 167 Å². The van der Waals surface area contributed by atoms with Crippen molar-refractivity contribution in [3.63, 3.8) is 0 Å². The van der Waals surface area contributed by atoms with Gasteiger partial charge in [0.05, 0.1) is 32.0 Å². The summed E-state index contributed by atoms with van der Waals surface area (Å²) in [5.41, 5.74) is 0. The van der Waals surface area contributed by atoms with E-state index >= 15 is 0 Å². The van der Waals surface area contributed by atoms with Crippen LogP contribution in [0.4, 0.5) is 0 Å². The fraction of sp³-hybridized carbons (Fsp3) is 0.927. The lowest BCUT2D eigenvalue weighted by Gasteiger charge is -2.40. The van der Waals surface area contributed by atoms with E-state index in [0.717, 1.165) is 70.6 Å². The van der Waals surface area contributed by atoms with Crippen molar-refractivity contribution in [3.05, 3.63) is 12.2 Å². The molecular formula is C55H105NO10. The molecule has 6 N–H and O–H groups in total. The molecule has 0 spiro atoms. The first-order valence-electron chi connectivity index (χ1n) is 28.0. The first-order valence-corrected chi connectivity index (χ1v) is 28.0. The Kier molecular flexibility index (Phi) is 43.3. The summed E-state index contributed by atoms with van der Waals surface area (Å²) < 4.78 is 16.7. The highest BCUT2D eigenvalue weighted by atomic mass is 16.7. The zero-order valence-electron chi connectivity index (χ0n) is 42.7. The number of carbonyl (C=O) groups is 2. The minimum atomic E-state index is -1.57. The molecular weight excluding hydrogens is 835 g/mol. The number of hydrogen-bond donors (Lipinski definition) is 6. The van der Waals surface area contributed by atoms with Gasteiger partial charge in [-0.15, -0.1) is 0 Å². The van der Waals surface area contributed by atoms with Crippen LogP contribution in [-0.4, -0.2) is 100 Å². The van der Waals surface area contributed by atoms with Gasteiger partial charge in [-0.25, -0.2) is 0 Å². The van der Waals surface area contributed by atoms with Crippen LogP contribution in [0.15, 0.2) is 12.2 Å². The number of amides is 1. The van der Waals surface area contributed by atoms with E-state index in [-0.39, 0.29) is 18.5 Å². The summed E-state index contributed by atoms with van der Waals surface area (Å²) >= 11 is 0. The minimum Gasteiger partial charge on any atom is -0.466 e. The Labute approximate surface area is 404 Å². The van der Waals surface area contributed by atoms with E-state index in [2.05, 4.69) is 19.2 Å². The third-order valence-corrected chi connectivity index (χ3v) is 13.4. The molecule has 66 heavy (non-hydrogen) atoms. The maximum Gasteiger partial charge on any atom is 0.305 e. The molecule has 0 aromatic rings. The molecule has 1 saturated heterocycles. The van der Waals surface area contributed by atoms with Crippen LogP contribution in [0.25, 0.3) is 0 Å². The smallest absolute Gasteiger partial charge is 0.305 e. The molecule has 1 fully saturated rings. The fourth-order valence-electron chi connectivity index (χ4n) is 8.91. The second kappa shape index (κ2) is 45.8. The van der Waals surface area contributed by atoms with E-state index in [0.29, 0.717) is 19.4 Å². The molecule has 7 atom stereocenters. The van der Waals surface area contributed by atoms with Crippen LogP contribution in [0.3, 0.4) is 0 Å². The zero-order chi connectivity index (χ0) is 48.1. The van der Waals surface area contributed by atoms with Crippen molar-refractivity contribution in [3.8, 4) is 0 Å². The van der Waals surface area contributed by atoms with E-state index in [1.807, 2.05) is 6.08 Å². The molecule has 7 unspecified atom stereocenters. The summed E-state index contributed by atoms with van der Waals surface area (Å²) in [7, 11) is 0. The van der Waals surface area contributed by atoms with Crippen LogP contribution in [0.5, 0.6) is 0 Å². The van der Waals surface area contributed by atoms with Crippen molar-refractivity contribution in [2.45, 2.75) is 307 Å². The fourth-order valence-corrected chi connectivity index (χ4v) is 8.91. The molecule has 1 heterocycles. The van der Waals surface area contributed by atoms with Gasteiger partial charge in [0.25, 0.3) is 0 Å². The lowest BCUT2D eigenvalue weighted by molar-refractivity contribution is -0.302. The third-order valence-electron chi connectivity index (χ3n) is 13.4. The Hall–Kier alpha value is -1.60. The normalized spacial score (nSPS) is 19.7. The highest BCUT2D eigenvalue weighted by molar-refractivity contribution is 5.76. The quantitative estimate of drug-likeness (QED) is 0.0196. The summed E-state index contributed by atoms with van der Waals surface area (Å²) in [4.78, 5) is 25.0. The van der Waals surface area contributed by atoms with Crippen LogP contribution in [0, 0.1) is 0 Å². The van der Waals surface area contributed by atoms with E-state index < -0.39 is 49.5 Å². The number of hydrogen-bond acceptors (Lipinski definition) is 10. The topological polar surface area (TPSA) is 175 Å². The summed E-state index contributed by atoms with van der Waals surface area (Å²) in [6.45, 7) is 4.29. The second-order valence-electron chi connectivity index (χ2n) is 19.7. The van der Waals surface area contributed by atoms with E-state index in [4.69, 9.17) is 14.2 Å². The molecule has 1 amide bonds. The van der Waals surface area contributed by atoms with E-state index in [9.17, 15) is 35.1 Å². The first kappa shape index (κ1) is 62.4. The molecule has 0 saturated carbocycles. The molecule has 1 aliphatic heterocycles. The van der Waals surface area contributed by atoms with Crippen molar-refractivity contribution in [2.75, 3.05) is 19.8 Å². The lowest BCUT2D eigenvalue weighted by atomic mass is 9.99. The maximum atomic E-state index is 13.0. The largest absolute Gasteiger partial charge is 0.466 e. The molecule has 0 aliphatic carbocycles. The summed E-state index contributed by atoms with van der Waals surface area (Å²) in [5.74, 6) is -0.208. The number of ether oxygens (including phenoxy) is 3. The van der Waals surface area contributed by atoms with Gasteiger partial charge in [0.15, 0.2) is 6.29 Å². The van der Waals surface area contributed by atoms with Gasteiger partial charge in [0, 0.05) is 12.8 Å².